The molecule has 0 fully saturated rings. The van der Waals surface area contributed by atoms with Crippen LogP contribution in [0.1, 0.15) is 0 Å². The quantitative estimate of drug-likeness (QED) is 0.168. The summed E-state index contributed by atoms with van der Waals surface area (Å²) < 4.78 is 7.29. The van der Waals surface area contributed by atoms with Crippen LogP contribution < -0.4 is 0 Å². The van der Waals surface area contributed by atoms with Crippen LogP contribution in [-0.4, -0.2) is 19.5 Å². The van der Waals surface area contributed by atoms with Gasteiger partial charge in [0.2, 0.25) is 0 Å². The smallest absolute Gasteiger partial charge is 0.164 e. The van der Waals surface area contributed by atoms with E-state index >= 15 is 0 Å². The van der Waals surface area contributed by atoms with Gasteiger partial charge in [-0.1, -0.05) is 146 Å². The SMILES string of the molecule is c1ccc(-c2cccc(-c3ccc4c(c3)c3ccccc3n4-c3ccc4sc5cccc(-c6nc(-c7ccccc7)nc(-c7cccc8sc9ccccc9c78)n6)c5c4c3)c2)cc1. The predicted molar refractivity (Wildman–Crippen MR) is 267 cm³/mol. The van der Waals surface area contributed by atoms with Crippen LogP contribution >= 0.6 is 22.7 Å². The van der Waals surface area contributed by atoms with Gasteiger partial charge in [0.1, 0.15) is 0 Å². The van der Waals surface area contributed by atoms with Crippen LogP contribution in [0.25, 0.3) is 124 Å². The van der Waals surface area contributed by atoms with Crippen molar-refractivity contribution in [2.75, 3.05) is 0 Å². The fourth-order valence-electron chi connectivity index (χ4n) is 9.37. The first-order valence-electron chi connectivity index (χ1n) is 21.1. The molecular formula is C57H34N4S2. The molecule has 0 saturated heterocycles. The Morgan fingerprint density at radius 2 is 0.825 bits per heavy atom. The molecule has 0 radical (unpaired) electrons. The summed E-state index contributed by atoms with van der Waals surface area (Å²) >= 11 is 3.61. The summed E-state index contributed by atoms with van der Waals surface area (Å²) in [7, 11) is 0. The molecule has 4 heterocycles. The zero-order chi connectivity index (χ0) is 41.4. The Morgan fingerprint density at radius 1 is 0.302 bits per heavy atom. The Labute approximate surface area is 370 Å². The van der Waals surface area contributed by atoms with E-state index in [0.29, 0.717) is 17.5 Å². The molecule has 0 unspecified atom stereocenters. The number of rotatable bonds is 6. The first-order valence-corrected chi connectivity index (χ1v) is 22.7. The van der Waals surface area contributed by atoms with Crippen LogP contribution in [0.15, 0.2) is 206 Å². The van der Waals surface area contributed by atoms with Gasteiger partial charge < -0.3 is 4.57 Å². The molecule has 0 saturated carbocycles. The van der Waals surface area contributed by atoms with E-state index in [9.17, 15) is 0 Å². The lowest BCUT2D eigenvalue weighted by atomic mass is 9.98. The number of thiophene rings is 2. The number of hydrogen-bond acceptors (Lipinski definition) is 5. The molecule has 63 heavy (non-hydrogen) atoms. The Kier molecular flexibility index (Phi) is 8.22. The highest BCUT2D eigenvalue weighted by atomic mass is 32.1. The topological polar surface area (TPSA) is 43.6 Å². The minimum absolute atomic E-state index is 0.654. The maximum absolute atomic E-state index is 5.36. The lowest BCUT2D eigenvalue weighted by Gasteiger charge is -2.11. The molecule has 13 aromatic rings. The zero-order valence-electron chi connectivity index (χ0n) is 33.7. The summed E-state index contributed by atoms with van der Waals surface area (Å²) in [5.41, 5.74) is 11.2. The van der Waals surface area contributed by atoms with Gasteiger partial charge in [0.15, 0.2) is 17.5 Å². The predicted octanol–water partition coefficient (Wildman–Crippen LogP) is 16.0. The van der Waals surface area contributed by atoms with Crippen LogP contribution in [0.4, 0.5) is 0 Å². The van der Waals surface area contributed by atoms with Gasteiger partial charge in [-0.15, -0.1) is 22.7 Å². The molecule has 294 valence electrons. The van der Waals surface area contributed by atoms with Crippen molar-refractivity contribution in [3.63, 3.8) is 0 Å². The fraction of sp³-hybridized carbons (Fsp3) is 0. The third-order valence-electron chi connectivity index (χ3n) is 12.3. The number of benzene rings is 9. The van der Waals surface area contributed by atoms with E-state index in [0.717, 1.165) is 27.8 Å². The number of fused-ring (bicyclic) bond motifs is 9. The summed E-state index contributed by atoms with van der Waals surface area (Å²) in [6.45, 7) is 0. The van der Waals surface area contributed by atoms with E-state index in [1.54, 1.807) is 11.3 Å². The number of aromatic nitrogens is 4. The number of para-hydroxylation sites is 1. The van der Waals surface area contributed by atoms with Gasteiger partial charge in [0.25, 0.3) is 0 Å². The molecule has 0 aliphatic rings. The van der Waals surface area contributed by atoms with Gasteiger partial charge in [0.05, 0.1) is 11.0 Å². The molecule has 0 atom stereocenters. The molecular weight excluding hydrogens is 805 g/mol. The lowest BCUT2D eigenvalue weighted by molar-refractivity contribution is 1.08. The Bertz CT molecular complexity index is 3920. The van der Waals surface area contributed by atoms with E-state index in [2.05, 4.69) is 193 Å². The second-order valence-corrected chi connectivity index (χ2v) is 18.1. The summed E-state index contributed by atoms with van der Waals surface area (Å²) in [5.74, 6) is 1.98. The first-order chi connectivity index (χ1) is 31.2. The van der Waals surface area contributed by atoms with Crippen LogP contribution in [0.3, 0.4) is 0 Å². The molecule has 0 amide bonds. The second kappa shape index (κ2) is 14.4. The second-order valence-electron chi connectivity index (χ2n) is 15.9. The Balaban J connectivity index is 0.995. The van der Waals surface area contributed by atoms with E-state index in [1.165, 1.54) is 79.0 Å². The highest BCUT2D eigenvalue weighted by Crippen LogP contribution is 2.44. The van der Waals surface area contributed by atoms with Crippen molar-refractivity contribution in [2.24, 2.45) is 0 Å². The summed E-state index contributed by atoms with van der Waals surface area (Å²) in [4.78, 5) is 15.8. The van der Waals surface area contributed by atoms with Crippen molar-refractivity contribution < 1.29 is 0 Å². The standard InChI is InChI=1S/C57H34N4S2/c1-3-14-35(15-4-1)37-18-11-19-38(32-37)39-28-30-48-45(33-39)41-20-7-9-24-47(41)61(48)40-29-31-50-46(34-40)54-44(23-13-27-52(54)63-50)57-59-55(36-16-5-2-6-17-36)58-56(60-57)43-22-12-26-51-53(43)42-21-8-10-25-49(42)62-51/h1-34H. The highest BCUT2D eigenvalue weighted by molar-refractivity contribution is 7.26. The normalized spacial score (nSPS) is 11.8. The van der Waals surface area contributed by atoms with Crippen molar-refractivity contribution in [2.45, 2.75) is 0 Å². The van der Waals surface area contributed by atoms with Crippen LogP contribution in [0, 0.1) is 0 Å². The monoisotopic (exact) mass is 838 g/mol. The van der Waals surface area contributed by atoms with Gasteiger partial charge >= 0.3 is 0 Å². The summed E-state index contributed by atoms with van der Waals surface area (Å²) in [6.07, 6.45) is 0. The van der Waals surface area contributed by atoms with Crippen LogP contribution in [-0.2, 0) is 0 Å². The highest BCUT2D eigenvalue weighted by Gasteiger charge is 2.21. The minimum atomic E-state index is 0.654. The Morgan fingerprint density at radius 3 is 1.57 bits per heavy atom. The lowest BCUT2D eigenvalue weighted by Crippen LogP contribution is -2.00. The van der Waals surface area contributed by atoms with Gasteiger partial charge in [-0.3, -0.25) is 0 Å². The maximum Gasteiger partial charge on any atom is 0.164 e. The van der Waals surface area contributed by atoms with E-state index in [-0.39, 0.29) is 0 Å². The third kappa shape index (κ3) is 5.91. The average molecular weight is 839 g/mol. The van der Waals surface area contributed by atoms with Crippen molar-refractivity contribution in [3.05, 3.63) is 206 Å². The van der Waals surface area contributed by atoms with Gasteiger partial charge in [0, 0.05) is 73.5 Å². The van der Waals surface area contributed by atoms with Crippen molar-refractivity contribution >= 4 is 84.8 Å². The molecule has 0 bridgehead atoms. The fourth-order valence-corrected chi connectivity index (χ4v) is 11.6. The minimum Gasteiger partial charge on any atom is -0.309 e. The van der Waals surface area contributed by atoms with Crippen molar-refractivity contribution in [1.29, 1.82) is 0 Å². The molecule has 4 aromatic heterocycles. The largest absolute Gasteiger partial charge is 0.309 e. The molecule has 6 heteroatoms. The summed E-state index contributed by atoms with van der Waals surface area (Å²) in [6, 6.07) is 73.9. The van der Waals surface area contributed by atoms with Gasteiger partial charge in [-0.2, -0.15) is 0 Å². The molecule has 13 rings (SSSR count). The van der Waals surface area contributed by atoms with Gasteiger partial charge in [-0.05, 0) is 82.9 Å². The molecule has 9 aromatic carbocycles. The van der Waals surface area contributed by atoms with Crippen molar-refractivity contribution in [1.82, 2.24) is 19.5 Å². The number of hydrogen-bond donors (Lipinski definition) is 0. The van der Waals surface area contributed by atoms with Crippen molar-refractivity contribution in [3.8, 4) is 62.1 Å². The van der Waals surface area contributed by atoms with E-state index < -0.39 is 0 Å². The third-order valence-corrected chi connectivity index (χ3v) is 14.5. The zero-order valence-corrected chi connectivity index (χ0v) is 35.4. The molecule has 0 aliphatic heterocycles. The van der Waals surface area contributed by atoms with Gasteiger partial charge in [-0.25, -0.2) is 15.0 Å². The number of nitrogens with zero attached hydrogens (tertiary/aromatic N) is 4. The van der Waals surface area contributed by atoms with E-state index in [1.807, 2.05) is 29.5 Å². The average Bonchev–Trinajstić information content (AvgIpc) is 4.04. The molecule has 4 nitrogen and oxygen atoms in total. The molecule has 0 N–H and O–H groups in total. The first kappa shape index (κ1) is 35.9. The summed E-state index contributed by atoms with van der Waals surface area (Å²) in [5, 5.41) is 7.17. The Hall–Kier alpha value is -7.77. The molecule has 0 aliphatic carbocycles. The maximum atomic E-state index is 5.36. The van der Waals surface area contributed by atoms with Crippen LogP contribution in [0.5, 0.6) is 0 Å². The van der Waals surface area contributed by atoms with E-state index in [4.69, 9.17) is 15.0 Å². The molecule has 0 spiro atoms. The van der Waals surface area contributed by atoms with Crippen LogP contribution in [0.2, 0.25) is 0 Å².